The Kier molecular flexibility index (Phi) is 4.80. The van der Waals surface area contributed by atoms with Gasteiger partial charge in [-0.3, -0.25) is 4.79 Å². The molecule has 17 heavy (non-hydrogen) atoms. The first-order valence-corrected chi connectivity index (χ1v) is 7.01. The van der Waals surface area contributed by atoms with Crippen LogP contribution in [0.15, 0.2) is 0 Å². The summed E-state index contributed by atoms with van der Waals surface area (Å²) in [5, 5.41) is 3.14. The normalized spacial score (nSPS) is 30.4. The van der Waals surface area contributed by atoms with Gasteiger partial charge in [0.15, 0.2) is 0 Å². The molecule has 0 aromatic heterocycles. The maximum absolute atomic E-state index is 11.8. The fraction of sp³-hybridized carbons (Fsp3) is 0.923. The molecule has 2 fully saturated rings. The van der Waals surface area contributed by atoms with Crippen molar-refractivity contribution in [1.82, 2.24) is 10.2 Å². The topological polar surface area (TPSA) is 58.4 Å². The lowest BCUT2D eigenvalue weighted by Gasteiger charge is -2.27. The van der Waals surface area contributed by atoms with E-state index in [-0.39, 0.29) is 5.91 Å². The van der Waals surface area contributed by atoms with Gasteiger partial charge in [-0.25, -0.2) is 0 Å². The molecule has 0 atom stereocenters. The molecule has 4 nitrogen and oxygen atoms in total. The Morgan fingerprint density at radius 2 is 1.82 bits per heavy atom. The van der Waals surface area contributed by atoms with Gasteiger partial charge in [-0.2, -0.15) is 0 Å². The van der Waals surface area contributed by atoms with E-state index in [0.29, 0.717) is 18.5 Å². The van der Waals surface area contributed by atoms with Crippen LogP contribution >= 0.6 is 0 Å². The van der Waals surface area contributed by atoms with Crippen LogP contribution in [0.5, 0.6) is 0 Å². The fourth-order valence-corrected chi connectivity index (χ4v) is 2.83. The van der Waals surface area contributed by atoms with Gasteiger partial charge in [0.25, 0.3) is 0 Å². The fourth-order valence-electron chi connectivity index (χ4n) is 2.83. The first kappa shape index (κ1) is 12.8. The highest BCUT2D eigenvalue weighted by Crippen LogP contribution is 2.17. The number of nitrogens with zero attached hydrogens (tertiary/aromatic N) is 1. The molecular formula is C13H25N3O. The van der Waals surface area contributed by atoms with Crippen molar-refractivity contribution in [2.45, 2.75) is 57.0 Å². The zero-order valence-electron chi connectivity index (χ0n) is 10.7. The number of likely N-dealkylation sites (tertiary alicyclic amines) is 1. The zero-order chi connectivity index (χ0) is 12.1. The number of rotatable bonds is 4. The van der Waals surface area contributed by atoms with Crippen LogP contribution in [-0.2, 0) is 4.79 Å². The second-order valence-corrected chi connectivity index (χ2v) is 5.48. The number of amides is 1. The van der Waals surface area contributed by atoms with Gasteiger partial charge in [0, 0.05) is 25.0 Å². The molecule has 0 aromatic carbocycles. The number of nitrogens with one attached hydrogen (secondary N) is 1. The Morgan fingerprint density at radius 3 is 2.47 bits per heavy atom. The van der Waals surface area contributed by atoms with Crippen molar-refractivity contribution < 1.29 is 4.79 Å². The highest BCUT2D eigenvalue weighted by molar-refractivity contribution is 5.76. The molecule has 98 valence electrons. The van der Waals surface area contributed by atoms with E-state index in [9.17, 15) is 4.79 Å². The Hall–Kier alpha value is -0.610. The lowest BCUT2D eigenvalue weighted by molar-refractivity contribution is -0.122. The van der Waals surface area contributed by atoms with Gasteiger partial charge < -0.3 is 16.0 Å². The summed E-state index contributed by atoms with van der Waals surface area (Å²) in [5.74, 6) is 0.220. The lowest BCUT2D eigenvalue weighted by atomic mass is 9.92. The summed E-state index contributed by atoms with van der Waals surface area (Å²) < 4.78 is 0. The van der Waals surface area contributed by atoms with Gasteiger partial charge in [0.1, 0.15) is 0 Å². The highest BCUT2D eigenvalue weighted by atomic mass is 16.1. The Balaban J connectivity index is 1.60. The summed E-state index contributed by atoms with van der Waals surface area (Å²) in [6.45, 7) is 3.27. The summed E-state index contributed by atoms with van der Waals surface area (Å²) in [7, 11) is 0. The standard InChI is InChI=1S/C13H25N3O/c14-11-3-5-12(6-4-11)15-13(17)7-10-16-8-1-2-9-16/h11-12H,1-10,14H2,(H,15,17). The second kappa shape index (κ2) is 6.36. The maximum atomic E-state index is 11.8. The van der Waals surface area contributed by atoms with Gasteiger partial charge in [0.2, 0.25) is 5.91 Å². The molecule has 0 aromatic rings. The monoisotopic (exact) mass is 239 g/mol. The van der Waals surface area contributed by atoms with E-state index in [2.05, 4.69) is 10.2 Å². The van der Waals surface area contributed by atoms with Crippen LogP contribution in [0.3, 0.4) is 0 Å². The number of hydrogen-bond acceptors (Lipinski definition) is 3. The first-order chi connectivity index (χ1) is 8.24. The molecule has 0 bridgehead atoms. The van der Waals surface area contributed by atoms with Crippen molar-refractivity contribution >= 4 is 5.91 Å². The lowest BCUT2D eigenvalue weighted by Crippen LogP contribution is -2.41. The van der Waals surface area contributed by atoms with E-state index in [4.69, 9.17) is 5.73 Å². The summed E-state index contributed by atoms with van der Waals surface area (Å²) in [5.41, 5.74) is 5.85. The van der Waals surface area contributed by atoms with Crippen LogP contribution in [0.25, 0.3) is 0 Å². The molecule has 1 saturated carbocycles. The third kappa shape index (κ3) is 4.28. The molecule has 1 amide bonds. The molecule has 1 heterocycles. The predicted octanol–water partition coefficient (Wildman–Crippen LogP) is 0.858. The predicted molar refractivity (Wildman–Crippen MR) is 68.7 cm³/mol. The number of carbonyl (C=O) groups excluding carboxylic acids is 1. The van der Waals surface area contributed by atoms with Crippen LogP contribution in [0.1, 0.15) is 44.9 Å². The van der Waals surface area contributed by atoms with Crippen molar-refractivity contribution in [3.8, 4) is 0 Å². The van der Waals surface area contributed by atoms with Gasteiger partial charge >= 0.3 is 0 Å². The van der Waals surface area contributed by atoms with Crippen LogP contribution < -0.4 is 11.1 Å². The third-order valence-corrected chi connectivity index (χ3v) is 3.99. The molecule has 3 N–H and O–H groups in total. The quantitative estimate of drug-likeness (QED) is 0.765. The molecule has 0 unspecified atom stereocenters. The van der Waals surface area contributed by atoms with E-state index in [1.54, 1.807) is 0 Å². The molecule has 2 aliphatic rings. The van der Waals surface area contributed by atoms with Gasteiger partial charge in [-0.05, 0) is 51.6 Å². The SMILES string of the molecule is NC1CCC(NC(=O)CCN2CCCC2)CC1. The Labute approximate surface area is 104 Å². The van der Waals surface area contributed by atoms with Crippen molar-refractivity contribution in [1.29, 1.82) is 0 Å². The average molecular weight is 239 g/mol. The minimum absolute atomic E-state index is 0.220. The number of hydrogen-bond donors (Lipinski definition) is 2. The molecule has 0 spiro atoms. The van der Waals surface area contributed by atoms with Crippen molar-refractivity contribution in [2.75, 3.05) is 19.6 Å². The van der Waals surface area contributed by atoms with Crippen LogP contribution in [-0.4, -0.2) is 42.5 Å². The molecule has 1 saturated heterocycles. The summed E-state index contributed by atoms with van der Waals surface area (Å²) in [6, 6.07) is 0.730. The summed E-state index contributed by atoms with van der Waals surface area (Å²) in [6.07, 6.45) is 7.45. The van der Waals surface area contributed by atoms with E-state index >= 15 is 0 Å². The summed E-state index contributed by atoms with van der Waals surface area (Å²) >= 11 is 0. The molecule has 1 aliphatic heterocycles. The van der Waals surface area contributed by atoms with E-state index < -0.39 is 0 Å². The Morgan fingerprint density at radius 1 is 1.18 bits per heavy atom. The highest BCUT2D eigenvalue weighted by Gasteiger charge is 2.20. The number of nitrogens with two attached hydrogens (primary N) is 1. The third-order valence-electron chi connectivity index (χ3n) is 3.99. The summed E-state index contributed by atoms with van der Waals surface area (Å²) in [4.78, 5) is 14.2. The minimum Gasteiger partial charge on any atom is -0.353 e. The van der Waals surface area contributed by atoms with E-state index in [1.165, 1.54) is 25.9 Å². The van der Waals surface area contributed by atoms with Crippen LogP contribution in [0, 0.1) is 0 Å². The molecule has 4 heteroatoms. The smallest absolute Gasteiger partial charge is 0.221 e. The van der Waals surface area contributed by atoms with Crippen molar-refractivity contribution in [3.63, 3.8) is 0 Å². The maximum Gasteiger partial charge on any atom is 0.221 e. The first-order valence-electron chi connectivity index (χ1n) is 7.01. The van der Waals surface area contributed by atoms with Crippen LogP contribution in [0.4, 0.5) is 0 Å². The second-order valence-electron chi connectivity index (χ2n) is 5.48. The van der Waals surface area contributed by atoms with Crippen LogP contribution in [0.2, 0.25) is 0 Å². The van der Waals surface area contributed by atoms with Gasteiger partial charge in [0.05, 0.1) is 0 Å². The van der Waals surface area contributed by atoms with Gasteiger partial charge in [-0.15, -0.1) is 0 Å². The zero-order valence-corrected chi connectivity index (χ0v) is 10.7. The molecular weight excluding hydrogens is 214 g/mol. The van der Waals surface area contributed by atoms with E-state index in [1.807, 2.05) is 0 Å². The number of carbonyl (C=O) groups is 1. The largest absolute Gasteiger partial charge is 0.353 e. The molecule has 1 aliphatic carbocycles. The van der Waals surface area contributed by atoms with E-state index in [0.717, 1.165) is 32.2 Å². The van der Waals surface area contributed by atoms with Crippen molar-refractivity contribution in [2.24, 2.45) is 5.73 Å². The minimum atomic E-state index is 0.220. The molecule has 2 rings (SSSR count). The van der Waals surface area contributed by atoms with Gasteiger partial charge in [-0.1, -0.05) is 0 Å². The Bertz CT molecular complexity index is 243. The van der Waals surface area contributed by atoms with Crippen molar-refractivity contribution in [3.05, 3.63) is 0 Å². The average Bonchev–Trinajstić information content (AvgIpc) is 2.83. The molecule has 0 radical (unpaired) electrons.